The molecule has 1 unspecified atom stereocenters. The van der Waals surface area contributed by atoms with Gasteiger partial charge in [-0.3, -0.25) is 4.79 Å². The highest BCUT2D eigenvalue weighted by atomic mass is 16.5. The van der Waals surface area contributed by atoms with Crippen molar-refractivity contribution in [3.8, 4) is 0 Å². The van der Waals surface area contributed by atoms with Crippen LogP contribution in [0.15, 0.2) is 66.7 Å². The highest BCUT2D eigenvalue weighted by molar-refractivity contribution is 6.83. The minimum atomic E-state index is -0.720. The van der Waals surface area contributed by atoms with Crippen LogP contribution in [0.1, 0.15) is 12.0 Å². The first kappa shape index (κ1) is 18.2. The molecule has 0 aliphatic rings. The lowest BCUT2D eigenvalue weighted by atomic mass is 9.54. The number of rotatable bonds is 6. The summed E-state index contributed by atoms with van der Waals surface area (Å²) in [5.41, 5.74) is 14.4. The maximum absolute atomic E-state index is 12.5. The molecule has 0 fully saturated rings. The Balaban J connectivity index is 2.05. The Kier molecular flexibility index (Phi) is 5.71. The van der Waals surface area contributed by atoms with Crippen molar-refractivity contribution in [2.75, 3.05) is 6.54 Å². The van der Waals surface area contributed by atoms with Crippen molar-refractivity contribution in [1.29, 1.82) is 0 Å². The van der Waals surface area contributed by atoms with E-state index in [-0.39, 0.29) is 0 Å². The molecular weight excluding hydrogens is 323 g/mol. The van der Waals surface area contributed by atoms with Gasteiger partial charge in [0.2, 0.25) is 0 Å². The van der Waals surface area contributed by atoms with Crippen LogP contribution in [0.2, 0.25) is 0 Å². The molecule has 0 saturated carbocycles. The molecule has 0 aliphatic heterocycles. The second-order valence-corrected chi connectivity index (χ2v) is 6.48. The molecule has 0 aliphatic carbocycles. The van der Waals surface area contributed by atoms with Gasteiger partial charge in [0.25, 0.3) is 0 Å². The summed E-state index contributed by atoms with van der Waals surface area (Å²) in [7, 11) is 0. The van der Waals surface area contributed by atoms with Crippen molar-refractivity contribution in [3.63, 3.8) is 0 Å². The van der Waals surface area contributed by atoms with Crippen molar-refractivity contribution in [2.24, 2.45) is 11.5 Å². The van der Waals surface area contributed by atoms with Crippen molar-refractivity contribution < 1.29 is 9.45 Å². The van der Waals surface area contributed by atoms with Crippen LogP contribution in [0.25, 0.3) is 10.8 Å². The zero-order valence-corrected chi connectivity index (χ0v) is 14.9. The topological polar surface area (TPSA) is 78.3 Å². The van der Waals surface area contributed by atoms with Crippen molar-refractivity contribution in [2.45, 2.75) is 19.4 Å². The fourth-order valence-electron chi connectivity index (χ4n) is 3.03. The quantitative estimate of drug-likeness (QED) is 0.663. The zero-order valence-electron chi connectivity index (χ0n) is 14.9. The smallest absolute Gasteiger partial charge is 0.430 e. The third-order valence-corrected chi connectivity index (χ3v) is 4.50. The average molecular weight is 346 g/mol. The molecule has 0 spiro atoms. The molecular formula is C21H23BN2O2. The Morgan fingerprint density at radius 2 is 1.73 bits per heavy atom. The van der Waals surface area contributed by atoms with E-state index in [0.29, 0.717) is 13.0 Å². The van der Waals surface area contributed by atoms with E-state index in [1.165, 1.54) is 0 Å². The van der Waals surface area contributed by atoms with Crippen molar-refractivity contribution in [3.05, 3.63) is 72.3 Å². The van der Waals surface area contributed by atoms with Crippen LogP contribution in [-0.2, 0) is 9.45 Å². The summed E-state index contributed by atoms with van der Waals surface area (Å²) < 4.78 is 5.87. The summed E-state index contributed by atoms with van der Waals surface area (Å²) in [5, 5.41) is 2.16. The van der Waals surface area contributed by atoms with Crippen molar-refractivity contribution in [1.82, 2.24) is 0 Å². The lowest BCUT2D eigenvalue weighted by molar-refractivity contribution is -0.136. The van der Waals surface area contributed by atoms with Gasteiger partial charge in [0, 0.05) is 0 Å². The standard InChI is InChI=1S/C21H23BN2O2/c1-15-9-11-17(12-10-15)22(26-21(25)20(24)13-14-23)19-8-4-6-16-5-2-3-7-18(16)19/h2-12,20H,13-14,23-24H2,1H3. The molecule has 0 aromatic heterocycles. The van der Waals surface area contributed by atoms with Gasteiger partial charge in [0.15, 0.2) is 0 Å². The van der Waals surface area contributed by atoms with E-state index in [9.17, 15) is 4.79 Å². The first-order valence-corrected chi connectivity index (χ1v) is 8.80. The van der Waals surface area contributed by atoms with Crippen LogP contribution in [-0.4, -0.2) is 25.5 Å². The molecule has 0 amide bonds. The third-order valence-electron chi connectivity index (χ3n) is 4.50. The lowest BCUT2D eigenvalue weighted by Gasteiger charge is -2.19. The van der Waals surface area contributed by atoms with E-state index in [1.807, 2.05) is 73.7 Å². The minimum absolute atomic E-state index is 0.347. The highest BCUT2D eigenvalue weighted by Crippen LogP contribution is 2.13. The van der Waals surface area contributed by atoms with Gasteiger partial charge >= 0.3 is 12.9 Å². The van der Waals surface area contributed by atoms with Crippen LogP contribution in [0.4, 0.5) is 0 Å². The Labute approximate surface area is 154 Å². The van der Waals surface area contributed by atoms with E-state index in [1.54, 1.807) is 0 Å². The lowest BCUT2D eigenvalue weighted by Crippen LogP contribution is -2.49. The summed E-state index contributed by atoms with van der Waals surface area (Å²) in [5.74, 6) is -0.436. The number of hydrogen-bond donors (Lipinski definition) is 2. The Morgan fingerprint density at radius 1 is 1.04 bits per heavy atom. The summed E-state index contributed by atoms with van der Waals surface area (Å²) >= 11 is 0. The van der Waals surface area contributed by atoms with Gasteiger partial charge in [-0.15, -0.1) is 0 Å². The van der Waals surface area contributed by atoms with Gasteiger partial charge in [-0.1, -0.05) is 72.3 Å². The molecule has 0 saturated heterocycles. The van der Waals surface area contributed by atoms with Crippen LogP contribution in [0, 0.1) is 6.92 Å². The highest BCUT2D eigenvalue weighted by Gasteiger charge is 2.29. The van der Waals surface area contributed by atoms with Crippen LogP contribution in [0.3, 0.4) is 0 Å². The largest absolute Gasteiger partial charge is 0.525 e. The van der Waals surface area contributed by atoms with Crippen LogP contribution >= 0.6 is 0 Å². The van der Waals surface area contributed by atoms with Gasteiger partial charge in [-0.2, -0.15) is 0 Å². The molecule has 3 aromatic rings. The number of hydrogen-bond acceptors (Lipinski definition) is 4. The SMILES string of the molecule is Cc1ccc(B(OC(=O)C(N)CCN)c2cccc3ccccc23)cc1. The molecule has 26 heavy (non-hydrogen) atoms. The fraction of sp³-hybridized carbons (Fsp3) is 0.190. The second-order valence-electron chi connectivity index (χ2n) is 6.48. The molecule has 0 bridgehead atoms. The van der Waals surface area contributed by atoms with E-state index < -0.39 is 18.9 Å². The number of carbonyl (C=O) groups is 1. The molecule has 4 nitrogen and oxygen atoms in total. The van der Waals surface area contributed by atoms with Gasteiger partial charge in [0.05, 0.1) is 0 Å². The summed E-state index contributed by atoms with van der Waals surface area (Å²) in [6.07, 6.45) is 0.398. The van der Waals surface area contributed by atoms with E-state index in [2.05, 4.69) is 0 Å². The summed E-state index contributed by atoms with van der Waals surface area (Å²) in [6.45, 7) is 1.86. The predicted molar refractivity (Wildman–Crippen MR) is 108 cm³/mol. The van der Waals surface area contributed by atoms with Crippen LogP contribution in [0.5, 0.6) is 0 Å². The monoisotopic (exact) mass is 346 g/mol. The summed E-state index contributed by atoms with van der Waals surface area (Å²) in [4.78, 5) is 12.5. The first-order chi connectivity index (χ1) is 12.6. The summed E-state index contributed by atoms with van der Waals surface area (Å²) in [6, 6.07) is 21.4. The average Bonchev–Trinajstić information content (AvgIpc) is 2.66. The van der Waals surface area contributed by atoms with Gasteiger partial charge < -0.3 is 16.1 Å². The molecule has 0 radical (unpaired) electrons. The zero-order chi connectivity index (χ0) is 18.5. The number of carbonyl (C=O) groups excluding carboxylic acids is 1. The minimum Gasteiger partial charge on any atom is -0.525 e. The Hall–Kier alpha value is -2.63. The molecule has 3 aromatic carbocycles. The number of aryl methyl sites for hydroxylation is 1. The van der Waals surface area contributed by atoms with Crippen molar-refractivity contribution >= 4 is 34.6 Å². The van der Waals surface area contributed by atoms with Gasteiger partial charge in [0.1, 0.15) is 6.04 Å². The van der Waals surface area contributed by atoms with E-state index in [4.69, 9.17) is 16.1 Å². The Bertz CT molecular complexity index is 891. The van der Waals surface area contributed by atoms with E-state index >= 15 is 0 Å². The molecule has 5 heteroatoms. The predicted octanol–water partition coefficient (Wildman–Crippen LogP) is 1.47. The fourth-order valence-corrected chi connectivity index (χ4v) is 3.03. The Morgan fingerprint density at radius 3 is 2.46 bits per heavy atom. The van der Waals surface area contributed by atoms with Gasteiger partial charge in [-0.05, 0) is 41.6 Å². The van der Waals surface area contributed by atoms with E-state index in [0.717, 1.165) is 27.3 Å². The third kappa shape index (κ3) is 3.95. The molecule has 3 rings (SSSR count). The van der Waals surface area contributed by atoms with Gasteiger partial charge in [-0.25, -0.2) is 0 Å². The normalized spacial score (nSPS) is 12.0. The molecule has 132 valence electrons. The molecule has 0 heterocycles. The second kappa shape index (κ2) is 8.17. The van der Waals surface area contributed by atoms with Crippen LogP contribution < -0.4 is 22.4 Å². The number of nitrogens with two attached hydrogens (primary N) is 2. The number of fused-ring (bicyclic) bond motifs is 1. The molecule has 1 atom stereocenters. The molecule has 4 N–H and O–H groups in total. The first-order valence-electron chi connectivity index (χ1n) is 8.80. The maximum Gasteiger partial charge on any atom is 0.430 e. The maximum atomic E-state index is 12.5. The number of benzene rings is 3.